The molecule has 5 rings (SSSR count). The Balaban J connectivity index is 1.32. The number of thiazole rings is 1. The first-order chi connectivity index (χ1) is 17.4. The molecule has 0 bridgehead atoms. The zero-order chi connectivity index (χ0) is 25.2. The van der Waals surface area contributed by atoms with Gasteiger partial charge in [-0.15, -0.1) is 11.3 Å². The van der Waals surface area contributed by atoms with Gasteiger partial charge in [0.2, 0.25) is 0 Å². The third kappa shape index (κ3) is 5.08. The van der Waals surface area contributed by atoms with Gasteiger partial charge in [0.25, 0.3) is 0 Å². The summed E-state index contributed by atoms with van der Waals surface area (Å²) in [5.41, 5.74) is 5.16. The molecule has 3 aromatic rings. The van der Waals surface area contributed by atoms with Crippen LogP contribution < -0.4 is 10.1 Å². The summed E-state index contributed by atoms with van der Waals surface area (Å²) in [7, 11) is 0. The van der Waals surface area contributed by atoms with Gasteiger partial charge in [0.15, 0.2) is 0 Å². The molecule has 0 saturated heterocycles. The number of ether oxygens (including phenoxy) is 1. The molecule has 186 valence electrons. The lowest BCUT2D eigenvalue weighted by Gasteiger charge is -2.16. The molecule has 2 aliphatic rings. The summed E-state index contributed by atoms with van der Waals surface area (Å²) in [5.74, 6) is 0.794. The van der Waals surface area contributed by atoms with Gasteiger partial charge >= 0.3 is 0 Å². The van der Waals surface area contributed by atoms with Crippen LogP contribution in [0.15, 0.2) is 42.6 Å². The van der Waals surface area contributed by atoms with E-state index in [1.54, 1.807) is 11.3 Å². The molecule has 0 aliphatic heterocycles. The zero-order valence-electron chi connectivity index (χ0n) is 20.7. The van der Waals surface area contributed by atoms with Crippen molar-refractivity contribution < 1.29 is 14.6 Å². The number of carbonyl (C=O) groups excluding carboxylic acids is 1. The van der Waals surface area contributed by atoms with Gasteiger partial charge in [0.1, 0.15) is 22.6 Å². The molecule has 1 heterocycles. The SMILES string of the molecule is CC(C)Oc1ccc(-c2ncc(-c3cccc4c3CC[C@H]4NCC(=O)C3CC[C@H](O)C3)s2)cc1C#N. The number of aromatic nitrogens is 1. The molecule has 6 nitrogen and oxygen atoms in total. The highest BCUT2D eigenvalue weighted by Crippen LogP contribution is 2.41. The highest BCUT2D eigenvalue weighted by atomic mass is 32.1. The normalized spacial score (nSPS) is 20.9. The highest BCUT2D eigenvalue weighted by Gasteiger charge is 2.30. The molecule has 7 heteroatoms. The van der Waals surface area contributed by atoms with Crippen molar-refractivity contribution in [2.45, 2.75) is 64.2 Å². The van der Waals surface area contributed by atoms with Crippen LogP contribution in [0.5, 0.6) is 5.75 Å². The third-order valence-electron chi connectivity index (χ3n) is 7.13. The number of hydrogen-bond donors (Lipinski definition) is 2. The number of carbonyl (C=O) groups is 1. The summed E-state index contributed by atoms with van der Waals surface area (Å²) in [4.78, 5) is 18.4. The second-order valence-electron chi connectivity index (χ2n) is 9.99. The maximum atomic E-state index is 12.6. The fraction of sp³-hybridized carbons (Fsp3) is 0.414. The largest absolute Gasteiger partial charge is 0.490 e. The van der Waals surface area contributed by atoms with Crippen LogP contribution in [0.2, 0.25) is 0 Å². The molecule has 0 amide bonds. The Morgan fingerprint density at radius 1 is 1.28 bits per heavy atom. The first-order valence-corrected chi connectivity index (χ1v) is 13.5. The summed E-state index contributed by atoms with van der Waals surface area (Å²) >= 11 is 1.62. The van der Waals surface area contributed by atoms with Gasteiger partial charge in [0, 0.05) is 23.7 Å². The average molecular weight is 502 g/mol. The molecule has 0 spiro atoms. The summed E-state index contributed by atoms with van der Waals surface area (Å²) in [5, 5.41) is 23.7. The number of nitriles is 1. The van der Waals surface area contributed by atoms with E-state index in [1.807, 2.05) is 38.2 Å². The predicted octanol–water partition coefficient (Wildman–Crippen LogP) is 5.44. The minimum atomic E-state index is -0.323. The van der Waals surface area contributed by atoms with Gasteiger partial charge in [-0.25, -0.2) is 4.98 Å². The third-order valence-corrected chi connectivity index (χ3v) is 8.21. The number of nitrogens with one attached hydrogen (secondary N) is 1. The number of rotatable bonds is 8. The molecular formula is C29H31N3O3S. The molecule has 36 heavy (non-hydrogen) atoms. The Bertz CT molecular complexity index is 1310. The molecule has 3 atom stereocenters. The number of aliphatic hydroxyl groups is 1. The summed E-state index contributed by atoms with van der Waals surface area (Å²) in [6.45, 7) is 4.24. The van der Waals surface area contributed by atoms with Crippen molar-refractivity contribution >= 4 is 17.1 Å². The summed E-state index contributed by atoms with van der Waals surface area (Å²) < 4.78 is 5.75. The molecule has 2 N–H and O–H groups in total. The van der Waals surface area contributed by atoms with Crippen molar-refractivity contribution in [1.29, 1.82) is 5.26 Å². The quantitative estimate of drug-likeness (QED) is 0.427. The van der Waals surface area contributed by atoms with E-state index in [9.17, 15) is 15.2 Å². The van der Waals surface area contributed by atoms with Crippen molar-refractivity contribution in [2.75, 3.05) is 6.54 Å². The fourth-order valence-electron chi connectivity index (χ4n) is 5.35. The van der Waals surface area contributed by atoms with Crippen LogP contribution in [0, 0.1) is 17.2 Å². The maximum absolute atomic E-state index is 12.6. The van der Waals surface area contributed by atoms with E-state index in [0.717, 1.165) is 41.1 Å². The van der Waals surface area contributed by atoms with Crippen molar-refractivity contribution in [3.8, 4) is 32.8 Å². The first-order valence-electron chi connectivity index (χ1n) is 12.7. The van der Waals surface area contributed by atoms with E-state index in [2.05, 4.69) is 34.6 Å². The van der Waals surface area contributed by atoms with Crippen molar-refractivity contribution in [1.82, 2.24) is 10.3 Å². The lowest BCUT2D eigenvalue weighted by atomic mass is 10.0. The molecular weight excluding hydrogens is 470 g/mol. The Morgan fingerprint density at radius 3 is 2.89 bits per heavy atom. The Kier molecular flexibility index (Phi) is 7.20. The lowest BCUT2D eigenvalue weighted by Crippen LogP contribution is -2.30. The fourth-order valence-corrected chi connectivity index (χ4v) is 6.32. The molecule has 0 radical (unpaired) electrons. The van der Waals surface area contributed by atoms with Crippen LogP contribution >= 0.6 is 11.3 Å². The Hall–Kier alpha value is -3.05. The minimum Gasteiger partial charge on any atom is -0.490 e. The van der Waals surface area contributed by atoms with E-state index in [1.165, 1.54) is 16.7 Å². The van der Waals surface area contributed by atoms with Crippen LogP contribution in [0.1, 0.15) is 62.3 Å². The van der Waals surface area contributed by atoms with Crippen LogP contribution in [0.4, 0.5) is 0 Å². The number of aliphatic hydroxyl groups excluding tert-OH is 1. The first kappa shape index (κ1) is 24.6. The molecule has 2 aliphatic carbocycles. The monoisotopic (exact) mass is 501 g/mol. The van der Waals surface area contributed by atoms with Crippen molar-refractivity contribution in [2.24, 2.45) is 5.92 Å². The van der Waals surface area contributed by atoms with Gasteiger partial charge in [-0.05, 0) is 80.8 Å². The second kappa shape index (κ2) is 10.5. The second-order valence-corrected chi connectivity index (χ2v) is 11.0. The molecule has 1 aromatic heterocycles. The number of benzene rings is 2. The Morgan fingerprint density at radius 2 is 2.14 bits per heavy atom. The predicted molar refractivity (Wildman–Crippen MR) is 141 cm³/mol. The van der Waals surface area contributed by atoms with Crippen LogP contribution in [0.3, 0.4) is 0 Å². The van der Waals surface area contributed by atoms with Gasteiger partial charge in [0.05, 0.1) is 29.2 Å². The number of nitrogens with zero attached hydrogens (tertiary/aromatic N) is 2. The molecule has 1 unspecified atom stereocenters. The topological polar surface area (TPSA) is 95.2 Å². The van der Waals surface area contributed by atoms with Crippen molar-refractivity contribution in [3.05, 3.63) is 59.3 Å². The van der Waals surface area contributed by atoms with Crippen molar-refractivity contribution in [3.63, 3.8) is 0 Å². The number of hydrogen-bond acceptors (Lipinski definition) is 7. The molecule has 1 saturated carbocycles. The van der Waals surface area contributed by atoms with Gasteiger partial charge in [-0.2, -0.15) is 5.26 Å². The van der Waals surface area contributed by atoms with Gasteiger partial charge in [-0.3, -0.25) is 4.79 Å². The number of ketones is 1. The van der Waals surface area contributed by atoms with E-state index in [4.69, 9.17) is 4.74 Å². The minimum absolute atomic E-state index is 0.00151. The van der Waals surface area contributed by atoms with E-state index < -0.39 is 0 Å². The summed E-state index contributed by atoms with van der Waals surface area (Å²) in [6.07, 6.45) is 5.63. The Labute approximate surface area is 216 Å². The smallest absolute Gasteiger partial charge is 0.149 e. The van der Waals surface area contributed by atoms with Crippen LogP contribution in [0.25, 0.3) is 21.0 Å². The summed E-state index contributed by atoms with van der Waals surface area (Å²) in [6, 6.07) is 14.4. The molecule has 1 fully saturated rings. The van der Waals surface area contributed by atoms with E-state index in [-0.39, 0.29) is 30.0 Å². The number of fused-ring (bicyclic) bond motifs is 1. The highest BCUT2D eigenvalue weighted by molar-refractivity contribution is 7.18. The number of Topliss-reactive ketones (excluding diaryl/α,β-unsaturated/α-hetero) is 1. The lowest BCUT2D eigenvalue weighted by molar-refractivity contribution is -0.122. The van der Waals surface area contributed by atoms with Crippen LogP contribution in [-0.4, -0.2) is 34.6 Å². The molecule has 2 aromatic carbocycles. The van der Waals surface area contributed by atoms with Gasteiger partial charge < -0.3 is 15.2 Å². The average Bonchev–Trinajstić information content (AvgIpc) is 3.62. The van der Waals surface area contributed by atoms with E-state index >= 15 is 0 Å². The standard InChI is InChI=1S/C29H31N3O3S/c1-17(2)35-27-11-7-19(12-20(27)14-30)29-32-16-28(36-29)24-5-3-4-23-22(24)9-10-25(23)31-15-26(34)18-6-8-21(33)13-18/h3-5,7,11-12,16-18,21,25,31,33H,6,8-10,13,15H2,1-2H3/t18?,21-,25+/m0/s1. The van der Waals surface area contributed by atoms with Gasteiger partial charge in [-0.1, -0.05) is 18.2 Å². The zero-order valence-corrected chi connectivity index (χ0v) is 21.5. The maximum Gasteiger partial charge on any atom is 0.149 e. The van der Waals surface area contributed by atoms with E-state index in [0.29, 0.717) is 24.3 Å². The van der Waals surface area contributed by atoms with Crippen LogP contribution in [-0.2, 0) is 11.2 Å².